The highest BCUT2D eigenvalue weighted by atomic mass is 16.2. The molecule has 160 valence electrons. The number of rotatable bonds is 5. The predicted molar refractivity (Wildman–Crippen MR) is 121 cm³/mol. The number of carbonyl (C=O) groups is 2. The molecule has 1 aliphatic heterocycles. The molecule has 3 aromatic rings. The molecule has 2 aromatic carbocycles. The summed E-state index contributed by atoms with van der Waals surface area (Å²) in [5.74, 6) is 1.05. The van der Waals surface area contributed by atoms with Gasteiger partial charge in [-0.3, -0.25) is 4.79 Å². The van der Waals surface area contributed by atoms with Crippen LogP contribution >= 0.6 is 0 Å². The molecular formula is C23H26N6O2. The molecule has 0 bridgehead atoms. The van der Waals surface area contributed by atoms with Crippen LogP contribution in [-0.2, 0) is 13.1 Å². The lowest BCUT2D eigenvalue weighted by Crippen LogP contribution is -2.29. The van der Waals surface area contributed by atoms with E-state index >= 15 is 0 Å². The van der Waals surface area contributed by atoms with Gasteiger partial charge in [0.1, 0.15) is 11.4 Å². The summed E-state index contributed by atoms with van der Waals surface area (Å²) < 4.78 is 1.83. The molecule has 0 saturated carbocycles. The fraction of sp³-hybridized carbons (Fsp3) is 0.261. The van der Waals surface area contributed by atoms with Crippen molar-refractivity contribution in [3.63, 3.8) is 0 Å². The highest BCUT2D eigenvalue weighted by molar-refractivity contribution is 6.00. The van der Waals surface area contributed by atoms with Gasteiger partial charge < -0.3 is 21.3 Å². The number of aryl methyl sites for hydroxylation is 1. The minimum absolute atomic E-state index is 0.182. The van der Waals surface area contributed by atoms with Crippen molar-refractivity contribution >= 4 is 29.1 Å². The molecular weight excluding hydrogens is 392 g/mol. The highest BCUT2D eigenvalue weighted by Crippen LogP contribution is 2.21. The average Bonchev–Trinajstić information content (AvgIpc) is 3.15. The summed E-state index contributed by atoms with van der Waals surface area (Å²) >= 11 is 0. The molecule has 0 spiro atoms. The number of benzene rings is 2. The summed E-state index contributed by atoms with van der Waals surface area (Å²) in [5.41, 5.74) is 3.87. The van der Waals surface area contributed by atoms with Crippen LogP contribution in [0.2, 0.25) is 0 Å². The lowest BCUT2D eigenvalue weighted by Gasteiger charge is -2.22. The molecule has 1 unspecified atom stereocenters. The number of fused-ring (bicyclic) bond motifs is 1. The number of amides is 3. The molecule has 0 radical (unpaired) electrons. The van der Waals surface area contributed by atoms with Gasteiger partial charge in [-0.25, -0.2) is 9.48 Å². The second-order valence-corrected chi connectivity index (χ2v) is 7.91. The van der Waals surface area contributed by atoms with Gasteiger partial charge in [-0.15, -0.1) is 0 Å². The van der Waals surface area contributed by atoms with E-state index in [0.717, 1.165) is 35.7 Å². The van der Waals surface area contributed by atoms with E-state index in [-0.39, 0.29) is 11.9 Å². The van der Waals surface area contributed by atoms with Crippen LogP contribution in [0.1, 0.15) is 28.4 Å². The maximum atomic E-state index is 12.6. The number of hydrogen-bond acceptors (Lipinski definition) is 4. The van der Waals surface area contributed by atoms with Crippen molar-refractivity contribution in [1.29, 1.82) is 0 Å². The van der Waals surface area contributed by atoms with Crippen molar-refractivity contribution in [2.45, 2.75) is 26.9 Å². The van der Waals surface area contributed by atoms with Crippen LogP contribution in [0.4, 0.5) is 22.0 Å². The summed E-state index contributed by atoms with van der Waals surface area (Å²) in [5, 5.41) is 16.2. The Bertz CT molecular complexity index is 1110. The number of hydrogen-bond donors (Lipinski definition) is 4. The normalized spacial score (nSPS) is 14.8. The molecule has 1 aliphatic rings. The first-order valence-corrected chi connectivity index (χ1v) is 10.3. The van der Waals surface area contributed by atoms with Crippen molar-refractivity contribution in [2.75, 3.05) is 22.5 Å². The van der Waals surface area contributed by atoms with Gasteiger partial charge in [0.15, 0.2) is 0 Å². The van der Waals surface area contributed by atoms with Crippen LogP contribution in [0.3, 0.4) is 0 Å². The molecule has 8 nitrogen and oxygen atoms in total. The Labute approximate surface area is 181 Å². The van der Waals surface area contributed by atoms with E-state index in [1.807, 2.05) is 54.1 Å². The van der Waals surface area contributed by atoms with Gasteiger partial charge >= 0.3 is 6.03 Å². The highest BCUT2D eigenvalue weighted by Gasteiger charge is 2.22. The van der Waals surface area contributed by atoms with Gasteiger partial charge in [-0.05, 0) is 48.2 Å². The first-order valence-electron chi connectivity index (χ1n) is 10.3. The quantitative estimate of drug-likeness (QED) is 0.506. The SMILES string of the molecule is Cc1cccc(NC(=O)Nc2cccc(CNC(=O)c3cnn4c3NCC(C)C4)c2)c1. The fourth-order valence-electron chi connectivity index (χ4n) is 3.56. The monoisotopic (exact) mass is 418 g/mol. The minimum atomic E-state index is -0.321. The fourth-order valence-corrected chi connectivity index (χ4v) is 3.56. The Kier molecular flexibility index (Phi) is 5.88. The van der Waals surface area contributed by atoms with Gasteiger partial charge in [-0.2, -0.15) is 5.10 Å². The van der Waals surface area contributed by atoms with Crippen LogP contribution in [0, 0.1) is 12.8 Å². The third-order valence-corrected chi connectivity index (χ3v) is 5.10. The molecule has 31 heavy (non-hydrogen) atoms. The van der Waals surface area contributed by atoms with E-state index in [0.29, 0.717) is 23.7 Å². The number of nitrogens with zero attached hydrogens (tertiary/aromatic N) is 2. The summed E-state index contributed by atoms with van der Waals surface area (Å²) in [7, 11) is 0. The van der Waals surface area contributed by atoms with Crippen LogP contribution in [0.15, 0.2) is 54.7 Å². The first kappa shape index (κ1) is 20.5. The molecule has 1 aromatic heterocycles. The van der Waals surface area contributed by atoms with Gasteiger partial charge in [-0.1, -0.05) is 31.2 Å². The lowest BCUT2D eigenvalue weighted by molar-refractivity contribution is 0.0951. The second-order valence-electron chi connectivity index (χ2n) is 7.91. The standard InChI is InChI=1S/C23H26N6O2/c1-15-5-3-7-18(9-15)27-23(31)28-19-8-4-6-17(10-19)12-25-22(30)20-13-26-29-14-16(2)11-24-21(20)29/h3-10,13,16,24H,11-12,14H2,1-2H3,(H,25,30)(H2,27,28,31). The Morgan fingerprint density at radius 2 is 1.87 bits per heavy atom. The van der Waals surface area contributed by atoms with E-state index in [1.54, 1.807) is 12.3 Å². The smallest absolute Gasteiger partial charge is 0.323 e. The summed E-state index contributed by atoms with van der Waals surface area (Å²) in [6, 6.07) is 14.7. The Morgan fingerprint density at radius 3 is 2.65 bits per heavy atom. The molecule has 4 rings (SSSR count). The molecule has 0 aliphatic carbocycles. The number of carbonyl (C=O) groups excluding carboxylic acids is 2. The number of urea groups is 1. The second kappa shape index (κ2) is 8.91. The van der Waals surface area contributed by atoms with E-state index in [1.165, 1.54) is 0 Å². The third kappa shape index (κ3) is 5.03. The zero-order chi connectivity index (χ0) is 21.8. The van der Waals surface area contributed by atoms with E-state index < -0.39 is 0 Å². The van der Waals surface area contributed by atoms with Crippen molar-refractivity contribution in [1.82, 2.24) is 15.1 Å². The summed E-state index contributed by atoms with van der Waals surface area (Å²) in [6.45, 7) is 6.07. The minimum Gasteiger partial charge on any atom is -0.369 e. The van der Waals surface area contributed by atoms with Crippen LogP contribution in [-0.4, -0.2) is 28.3 Å². The van der Waals surface area contributed by atoms with Gasteiger partial charge in [0, 0.05) is 31.0 Å². The number of anilines is 3. The van der Waals surface area contributed by atoms with Gasteiger partial charge in [0.25, 0.3) is 5.91 Å². The van der Waals surface area contributed by atoms with Crippen molar-refractivity contribution < 1.29 is 9.59 Å². The van der Waals surface area contributed by atoms with E-state index in [9.17, 15) is 9.59 Å². The zero-order valence-corrected chi connectivity index (χ0v) is 17.6. The number of aromatic nitrogens is 2. The molecule has 1 atom stereocenters. The van der Waals surface area contributed by atoms with Gasteiger partial charge in [0.05, 0.1) is 6.20 Å². The van der Waals surface area contributed by atoms with Crippen LogP contribution in [0.25, 0.3) is 0 Å². The largest absolute Gasteiger partial charge is 0.369 e. The number of nitrogens with one attached hydrogen (secondary N) is 4. The molecule has 0 fully saturated rings. The first-order chi connectivity index (χ1) is 15.0. The molecule has 0 saturated heterocycles. The summed E-state index contributed by atoms with van der Waals surface area (Å²) in [4.78, 5) is 24.9. The Balaban J connectivity index is 1.34. The van der Waals surface area contributed by atoms with Crippen LogP contribution in [0.5, 0.6) is 0 Å². The van der Waals surface area contributed by atoms with Crippen molar-refractivity contribution in [2.24, 2.45) is 5.92 Å². The van der Waals surface area contributed by atoms with Crippen molar-refractivity contribution in [3.8, 4) is 0 Å². The topological polar surface area (TPSA) is 100 Å². The van der Waals surface area contributed by atoms with E-state index in [2.05, 4.69) is 33.3 Å². The molecule has 4 N–H and O–H groups in total. The maximum Gasteiger partial charge on any atom is 0.323 e. The predicted octanol–water partition coefficient (Wildman–Crippen LogP) is 3.83. The maximum absolute atomic E-state index is 12.6. The van der Waals surface area contributed by atoms with E-state index in [4.69, 9.17) is 0 Å². The Morgan fingerprint density at radius 1 is 1.13 bits per heavy atom. The Hall–Kier alpha value is -3.81. The molecule has 8 heteroatoms. The van der Waals surface area contributed by atoms with Crippen LogP contribution < -0.4 is 21.3 Å². The third-order valence-electron chi connectivity index (χ3n) is 5.10. The van der Waals surface area contributed by atoms with Gasteiger partial charge in [0.2, 0.25) is 0 Å². The van der Waals surface area contributed by atoms with Crippen molar-refractivity contribution in [3.05, 3.63) is 71.4 Å². The zero-order valence-electron chi connectivity index (χ0n) is 17.6. The average molecular weight is 419 g/mol. The summed E-state index contributed by atoms with van der Waals surface area (Å²) in [6.07, 6.45) is 1.60. The lowest BCUT2D eigenvalue weighted by atomic mass is 10.1. The molecule has 3 amide bonds. The molecule has 2 heterocycles.